The minimum absolute atomic E-state index is 0.0515. The summed E-state index contributed by atoms with van der Waals surface area (Å²) in [6, 6.07) is 52.0. The van der Waals surface area contributed by atoms with Gasteiger partial charge in [0.05, 0.1) is 12.1 Å². The number of carbonyl (C=O) groups excluding carboxylic acids is 1. The Hall–Kier alpha value is -4.32. The molecule has 1 aliphatic heterocycles. The monoisotopic (exact) mass is 785 g/mol. The third-order valence-electron chi connectivity index (χ3n) is 11.5. The molecule has 8 heteroatoms. The van der Waals surface area contributed by atoms with Gasteiger partial charge in [-0.25, -0.2) is 4.79 Å². The minimum atomic E-state index is -3.03. The van der Waals surface area contributed by atoms with Crippen LogP contribution in [0.3, 0.4) is 0 Å². The van der Waals surface area contributed by atoms with E-state index in [2.05, 4.69) is 163 Å². The van der Waals surface area contributed by atoms with Crippen molar-refractivity contribution >= 4 is 43.5 Å². The van der Waals surface area contributed by atoms with E-state index in [1.54, 1.807) is 0 Å². The number of aliphatic hydroxyl groups is 1. The molecule has 0 aromatic heterocycles. The van der Waals surface area contributed by atoms with E-state index in [0.717, 1.165) is 5.56 Å². The summed E-state index contributed by atoms with van der Waals surface area (Å²) in [5, 5.41) is 15.0. The predicted octanol–water partition coefficient (Wildman–Crippen LogP) is 7.92. The van der Waals surface area contributed by atoms with Crippen LogP contribution in [0.2, 0.25) is 10.1 Å². The maximum Gasteiger partial charge on any atom is 0.410 e. The van der Waals surface area contributed by atoms with Gasteiger partial charge in [0.15, 0.2) is 0 Å². The van der Waals surface area contributed by atoms with Crippen LogP contribution in [0, 0.1) is 5.92 Å². The number of ether oxygens (including phenoxy) is 1. The number of aliphatic hydroxyl groups excluding tert-OH is 1. The number of nitrogens with zero attached hydrogens (tertiary/aromatic N) is 1. The molecule has 1 saturated heterocycles. The Morgan fingerprint density at radius 1 is 0.661 bits per heavy atom. The molecule has 1 heterocycles. The van der Waals surface area contributed by atoms with Gasteiger partial charge in [-0.05, 0) is 49.2 Å². The number of amides is 1. The van der Waals surface area contributed by atoms with Crippen molar-refractivity contribution < 1.29 is 23.5 Å². The first kappa shape index (κ1) is 41.3. The van der Waals surface area contributed by atoms with Crippen molar-refractivity contribution in [3.05, 3.63) is 157 Å². The average molecular weight is 786 g/mol. The molecule has 294 valence electrons. The topological polar surface area (TPSA) is 68.2 Å². The molecule has 5 aromatic carbocycles. The fourth-order valence-corrected chi connectivity index (χ4v) is 18.3. The summed E-state index contributed by atoms with van der Waals surface area (Å²) in [5.41, 5.74) is 0.929. The molecule has 1 fully saturated rings. The first-order valence-corrected chi connectivity index (χ1v) is 23.9. The summed E-state index contributed by atoms with van der Waals surface area (Å²) in [4.78, 5) is 16.2. The minimum Gasteiger partial charge on any atom is -0.445 e. The lowest BCUT2D eigenvalue weighted by Crippen LogP contribution is -2.69. The van der Waals surface area contributed by atoms with Gasteiger partial charge in [-0.3, -0.25) is 0 Å². The van der Waals surface area contributed by atoms with Crippen molar-refractivity contribution in [1.29, 1.82) is 0 Å². The summed E-state index contributed by atoms with van der Waals surface area (Å²) in [6.45, 7) is 14.6. The lowest BCUT2D eigenvalue weighted by molar-refractivity contribution is 0.0353. The van der Waals surface area contributed by atoms with E-state index in [1.165, 1.54) is 20.7 Å². The molecular weight excluding hydrogens is 727 g/mol. The van der Waals surface area contributed by atoms with Gasteiger partial charge in [0.2, 0.25) is 0 Å². The Balaban J connectivity index is 1.45. The van der Waals surface area contributed by atoms with Gasteiger partial charge in [0.1, 0.15) is 6.61 Å². The highest BCUT2D eigenvalue weighted by Gasteiger charge is 2.56. The summed E-state index contributed by atoms with van der Waals surface area (Å²) in [5.74, 6) is -0.253. The molecule has 56 heavy (non-hydrogen) atoms. The van der Waals surface area contributed by atoms with Gasteiger partial charge < -0.3 is 23.6 Å². The number of carbonyl (C=O) groups is 1. The fourth-order valence-electron chi connectivity index (χ4n) is 8.92. The summed E-state index contributed by atoms with van der Waals surface area (Å²) in [6.07, 6.45) is 0.355. The molecule has 0 spiro atoms. The van der Waals surface area contributed by atoms with Crippen LogP contribution in [0.15, 0.2) is 152 Å². The van der Waals surface area contributed by atoms with E-state index < -0.39 is 22.7 Å². The molecule has 5 aromatic rings. The number of rotatable bonds is 14. The van der Waals surface area contributed by atoms with Crippen molar-refractivity contribution in [2.24, 2.45) is 5.92 Å². The average Bonchev–Trinajstić information content (AvgIpc) is 3.63. The lowest BCUT2D eigenvalue weighted by Gasteiger charge is -2.47. The molecule has 0 unspecified atom stereocenters. The molecule has 1 aliphatic rings. The third-order valence-corrected chi connectivity index (χ3v) is 21.6. The first-order valence-electron chi connectivity index (χ1n) is 20.0. The second kappa shape index (κ2) is 17.9. The largest absolute Gasteiger partial charge is 0.445 e. The van der Waals surface area contributed by atoms with Crippen LogP contribution in [0.4, 0.5) is 4.79 Å². The van der Waals surface area contributed by atoms with E-state index in [-0.39, 0.29) is 41.4 Å². The predicted molar refractivity (Wildman–Crippen MR) is 233 cm³/mol. The summed E-state index contributed by atoms with van der Waals surface area (Å²) in [7, 11) is -5.98. The van der Waals surface area contributed by atoms with Crippen molar-refractivity contribution in [2.45, 2.75) is 83.2 Å². The van der Waals surface area contributed by atoms with Gasteiger partial charge >= 0.3 is 6.09 Å². The van der Waals surface area contributed by atoms with Crippen LogP contribution in [-0.2, 0) is 20.2 Å². The zero-order chi connectivity index (χ0) is 39.8. The van der Waals surface area contributed by atoms with Crippen LogP contribution < -0.4 is 20.7 Å². The molecule has 0 bridgehead atoms. The summed E-state index contributed by atoms with van der Waals surface area (Å²) < 4.78 is 21.5. The summed E-state index contributed by atoms with van der Waals surface area (Å²) >= 11 is 0. The third kappa shape index (κ3) is 8.50. The highest BCUT2D eigenvalue weighted by atomic mass is 28.4. The first-order chi connectivity index (χ1) is 26.9. The van der Waals surface area contributed by atoms with Crippen molar-refractivity contribution in [2.75, 3.05) is 19.8 Å². The molecule has 0 radical (unpaired) electrons. The van der Waals surface area contributed by atoms with Crippen molar-refractivity contribution in [1.82, 2.24) is 4.90 Å². The number of hydrogen-bond donors (Lipinski definition) is 1. The van der Waals surface area contributed by atoms with Gasteiger partial charge in [-0.1, -0.05) is 193 Å². The Kier molecular flexibility index (Phi) is 13.2. The molecule has 1 N–H and O–H groups in total. The van der Waals surface area contributed by atoms with Gasteiger partial charge in [0.25, 0.3) is 16.6 Å². The highest BCUT2D eigenvalue weighted by Crippen LogP contribution is 2.42. The van der Waals surface area contributed by atoms with Crippen LogP contribution in [0.5, 0.6) is 0 Å². The maximum absolute atomic E-state index is 14.4. The Labute approximate surface area is 336 Å². The second-order valence-corrected chi connectivity index (χ2v) is 25.6. The van der Waals surface area contributed by atoms with Crippen LogP contribution >= 0.6 is 0 Å². The van der Waals surface area contributed by atoms with Crippen molar-refractivity contribution in [3.63, 3.8) is 0 Å². The normalized spacial score (nSPS) is 17.1. The molecule has 6 rings (SSSR count). The van der Waals surface area contributed by atoms with Gasteiger partial charge in [-0.2, -0.15) is 0 Å². The maximum atomic E-state index is 14.4. The molecule has 1 amide bonds. The van der Waals surface area contributed by atoms with E-state index in [1.807, 2.05) is 35.2 Å². The van der Waals surface area contributed by atoms with E-state index in [9.17, 15) is 9.90 Å². The second-order valence-electron chi connectivity index (χ2n) is 17.1. The van der Waals surface area contributed by atoms with Crippen LogP contribution in [-0.4, -0.2) is 64.6 Å². The molecule has 0 aliphatic carbocycles. The zero-order valence-corrected chi connectivity index (χ0v) is 35.9. The molecule has 6 nitrogen and oxygen atoms in total. The SMILES string of the molecule is CC(C)(C)[Si](OC[C@H](CCO)[C@@H]1[C@H](O[Si](c2ccccc2)(c2ccccc2)C(C)(C)C)CCN1C(=O)OCc1ccccc1)(c1ccccc1)c1ccccc1. The molecule has 3 atom stereocenters. The zero-order valence-electron chi connectivity index (χ0n) is 33.9. The standard InChI is InChI=1S/C48H59NO5Si2/c1-47(2,3)55(40-24-14-8-15-25-40,41-26-16-9-17-27-41)53-37-39(33-35-50)45-44(32-34-49(45)46(51)52-36-38-22-12-7-13-23-38)54-56(48(4,5)6,42-28-18-10-19-29-42)43-30-20-11-21-31-43/h7-31,39,44-45,50H,32-37H2,1-6H3/t39-,44+,45+/m0/s1. The Bertz CT molecular complexity index is 1870. The van der Waals surface area contributed by atoms with Crippen LogP contribution in [0.25, 0.3) is 0 Å². The quantitative estimate of drug-likeness (QED) is 0.116. The fraction of sp³-hybridized carbons (Fsp3) is 0.354. The number of likely N-dealkylation sites (tertiary alicyclic amines) is 1. The van der Waals surface area contributed by atoms with Gasteiger partial charge in [0, 0.05) is 25.7 Å². The Morgan fingerprint density at radius 3 is 1.48 bits per heavy atom. The van der Waals surface area contributed by atoms with Gasteiger partial charge in [-0.15, -0.1) is 0 Å². The molecular formula is C48H59NO5Si2. The van der Waals surface area contributed by atoms with E-state index in [4.69, 9.17) is 13.6 Å². The van der Waals surface area contributed by atoms with Crippen molar-refractivity contribution in [3.8, 4) is 0 Å². The Morgan fingerprint density at radius 2 is 1.07 bits per heavy atom. The van der Waals surface area contributed by atoms with E-state index in [0.29, 0.717) is 26.0 Å². The number of benzene rings is 5. The molecule has 0 saturated carbocycles. The lowest BCUT2D eigenvalue weighted by atomic mass is 9.93. The van der Waals surface area contributed by atoms with Crippen LogP contribution in [0.1, 0.15) is 59.9 Å². The van der Waals surface area contributed by atoms with E-state index >= 15 is 0 Å². The highest BCUT2D eigenvalue weighted by molar-refractivity contribution is 7.00. The number of hydrogen-bond acceptors (Lipinski definition) is 5. The smallest absolute Gasteiger partial charge is 0.410 e.